The molecule has 1 aliphatic rings. The lowest BCUT2D eigenvalue weighted by Crippen LogP contribution is -2.45. The molecule has 0 aromatic heterocycles. The van der Waals surface area contributed by atoms with Crippen LogP contribution in [0.5, 0.6) is 0 Å². The number of likely N-dealkylation sites (tertiary alicyclic amines) is 1. The second-order valence-electron chi connectivity index (χ2n) is 5.35. The van der Waals surface area contributed by atoms with Gasteiger partial charge in [-0.15, -0.1) is 0 Å². The van der Waals surface area contributed by atoms with E-state index in [0.29, 0.717) is 12.5 Å². The Morgan fingerprint density at radius 1 is 1.41 bits per heavy atom. The largest absolute Gasteiger partial charge is 0.353 e. The van der Waals surface area contributed by atoms with Crippen LogP contribution >= 0.6 is 0 Å². The lowest BCUT2D eigenvalue weighted by Gasteiger charge is -2.33. The van der Waals surface area contributed by atoms with Crippen molar-refractivity contribution in [3.63, 3.8) is 0 Å². The third-order valence-electron chi connectivity index (χ3n) is 3.76. The van der Waals surface area contributed by atoms with Crippen LogP contribution in [0.15, 0.2) is 0 Å². The second kappa shape index (κ2) is 6.97. The highest BCUT2D eigenvalue weighted by Gasteiger charge is 2.23. The molecule has 0 radical (unpaired) electrons. The van der Waals surface area contributed by atoms with Gasteiger partial charge in [-0.25, -0.2) is 0 Å². The second-order valence-corrected chi connectivity index (χ2v) is 5.35. The number of rotatable bonds is 5. The lowest BCUT2D eigenvalue weighted by atomic mass is 9.91. The zero-order valence-electron chi connectivity index (χ0n) is 11.4. The molecule has 0 aromatic rings. The number of hydrogen-bond acceptors (Lipinski definition) is 3. The molecule has 0 spiro atoms. The topological polar surface area (TPSA) is 58.4 Å². The molecule has 0 bridgehead atoms. The average molecular weight is 241 g/mol. The fourth-order valence-corrected chi connectivity index (χ4v) is 2.26. The van der Waals surface area contributed by atoms with Crippen LogP contribution in [-0.4, -0.2) is 42.5 Å². The third kappa shape index (κ3) is 5.04. The molecule has 17 heavy (non-hydrogen) atoms. The Balaban J connectivity index is 2.23. The Bertz CT molecular complexity index is 235. The number of nitrogens with zero attached hydrogens (tertiary/aromatic N) is 1. The molecule has 0 saturated carbocycles. The van der Waals surface area contributed by atoms with Gasteiger partial charge in [0.05, 0.1) is 6.54 Å². The lowest BCUT2D eigenvalue weighted by molar-refractivity contribution is -0.123. The minimum atomic E-state index is 0.151. The summed E-state index contributed by atoms with van der Waals surface area (Å²) in [5.41, 5.74) is 5.90. The molecule has 0 aliphatic carbocycles. The first-order valence-corrected chi connectivity index (χ1v) is 6.80. The van der Waals surface area contributed by atoms with Crippen molar-refractivity contribution in [2.24, 2.45) is 11.7 Å². The van der Waals surface area contributed by atoms with Gasteiger partial charge in [-0.05, 0) is 52.1 Å². The normalized spacial score (nSPS) is 22.1. The van der Waals surface area contributed by atoms with E-state index in [-0.39, 0.29) is 18.0 Å². The van der Waals surface area contributed by atoms with Crippen molar-refractivity contribution in [3.8, 4) is 0 Å². The molecule has 1 saturated heterocycles. The van der Waals surface area contributed by atoms with Gasteiger partial charge in [-0.2, -0.15) is 0 Å². The highest BCUT2D eigenvalue weighted by Crippen LogP contribution is 2.18. The standard InChI is InChI=1S/C13H27N3O/c1-4-10(2)15-13(17)9-16-7-5-12(6-8-16)11(3)14/h10-12H,4-9,14H2,1-3H3,(H,15,17). The number of carbonyl (C=O) groups excluding carboxylic acids is 1. The van der Waals surface area contributed by atoms with Crippen LogP contribution in [0, 0.1) is 5.92 Å². The van der Waals surface area contributed by atoms with Gasteiger partial charge in [0.25, 0.3) is 0 Å². The van der Waals surface area contributed by atoms with E-state index in [2.05, 4.69) is 24.1 Å². The van der Waals surface area contributed by atoms with Crippen LogP contribution in [0.1, 0.15) is 40.0 Å². The molecule has 1 heterocycles. The van der Waals surface area contributed by atoms with E-state index in [4.69, 9.17) is 5.73 Å². The third-order valence-corrected chi connectivity index (χ3v) is 3.76. The Hall–Kier alpha value is -0.610. The summed E-state index contributed by atoms with van der Waals surface area (Å²) < 4.78 is 0. The van der Waals surface area contributed by atoms with Crippen molar-refractivity contribution in [1.82, 2.24) is 10.2 Å². The van der Waals surface area contributed by atoms with Crippen LogP contribution in [0.2, 0.25) is 0 Å². The summed E-state index contributed by atoms with van der Waals surface area (Å²) in [6.45, 7) is 8.74. The fourth-order valence-electron chi connectivity index (χ4n) is 2.26. The summed E-state index contributed by atoms with van der Waals surface area (Å²) in [5.74, 6) is 0.780. The van der Waals surface area contributed by atoms with Gasteiger partial charge < -0.3 is 11.1 Å². The van der Waals surface area contributed by atoms with Crippen molar-refractivity contribution in [2.45, 2.75) is 52.1 Å². The molecule has 0 aromatic carbocycles. The van der Waals surface area contributed by atoms with Crippen LogP contribution in [-0.2, 0) is 4.79 Å². The summed E-state index contributed by atoms with van der Waals surface area (Å²) >= 11 is 0. The summed E-state index contributed by atoms with van der Waals surface area (Å²) in [7, 11) is 0. The molecule has 2 atom stereocenters. The summed E-state index contributed by atoms with van der Waals surface area (Å²) in [6.07, 6.45) is 3.22. The van der Waals surface area contributed by atoms with Gasteiger partial charge in [0.1, 0.15) is 0 Å². The first-order chi connectivity index (χ1) is 8.02. The maximum atomic E-state index is 11.7. The van der Waals surface area contributed by atoms with Gasteiger partial charge in [0.2, 0.25) is 5.91 Å². The highest BCUT2D eigenvalue weighted by atomic mass is 16.2. The zero-order valence-corrected chi connectivity index (χ0v) is 11.4. The molecular formula is C13H27N3O. The van der Waals surface area contributed by atoms with Gasteiger partial charge in [-0.3, -0.25) is 9.69 Å². The van der Waals surface area contributed by atoms with Crippen LogP contribution < -0.4 is 11.1 Å². The quantitative estimate of drug-likeness (QED) is 0.754. The van der Waals surface area contributed by atoms with E-state index in [1.165, 1.54) is 0 Å². The van der Waals surface area contributed by atoms with E-state index in [0.717, 1.165) is 32.4 Å². The van der Waals surface area contributed by atoms with Crippen molar-refractivity contribution >= 4 is 5.91 Å². The van der Waals surface area contributed by atoms with Gasteiger partial charge in [0.15, 0.2) is 0 Å². The highest BCUT2D eigenvalue weighted by molar-refractivity contribution is 5.78. The Morgan fingerprint density at radius 3 is 2.47 bits per heavy atom. The van der Waals surface area contributed by atoms with Gasteiger partial charge in [-0.1, -0.05) is 6.92 Å². The van der Waals surface area contributed by atoms with Crippen molar-refractivity contribution in [1.29, 1.82) is 0 Å². The molecule has 1 rings (SSSR count). The molecule has 1 amide bonds. The minimum Gasteiger partial charge on any atom is -0.353 e. The predicted octanol–water partition coefficient (Wildman–Crippen LogP) is 0.960. The first kappa shape index (κ1) is 14.5. The van der Waals surface area contributed by atoms with Gasteiger partial charge in [0, 0.05) is 12.1 Å². The van der Waals surface area contributed by atoms with E-state index < -0.39 is 0 Å². The smallest absolute Gasteiger partial charge is 0.234 e. The molecule has 4 heteroatoms. The first-order valence-electron chi connectivity index (χ1n) is 6.80. The van der Waals surface area contributed by atoms with E-state index >= 15 is 0 Å². The Morgan fingerprint density at radius 2 is 2.00 bits per heavy atom. The molecule has 1 aliphatic heterocycles. The number of carbonyl (C=O) groups is 1. The zero-order chi connectivity index (χ0) is 12.8. The SMILES string of the molecule is CCC(C)NC(=O)CN1CCC(C(C)N)CC1. The molecular weight excluding hydrogens is 214 g/mol. The number of hydrogen-bond donors (Lipinski definition) is 2. The molecule has 100 valence electrons. The van der Waals surface area contributed by atoms with E-state index in [1.807, 2.05) is 6.92 Å². The Labute approximate surface area is 105 Å². The number of nitrogens with two attached hydrogens (primary N) is 1. The average Bonchev–Trinajstić information content (AvgIpc) is 2.29. The molecule has 3 N–H and O–H groups in total. The summed E-state index contributed by atoms with van der Waals surface area (Å²) in [5, 5.41) is 3.01. The van der Waals surface area contributed by atoms with Crippen molar-refractivity contribution in [3.05, 3.63) is 0 Å². The Kier molecular flexibility index (Phi) is 5.92. The maximum absolute atomic E-state index is 11.7. The maximum Gasteiger partial charge on any atom is 0.234 e. The summed E-state index contributed by atoms with van der Waals surface area (Å²) in [4.78, 5) is 14.0. The van der Waals surface area contributed by atoms with Crippen molar-refractivity contribution in [2.75, 3.05) is 19.6 Å². The molecule has 4 nitrogen and oxygen atoms in total. The monoisotopic (exact) mass is 241 g/mol. The number of amides is 1. The summed E-state index contributed by atoms with van der Waals surface area (Å²) in [6, 6.07) is 0.565. The van der Waals surface area contributed by atoms with Crippen LogP contribution in [0.4, 0.5) is 0 Å². The van der Waals surface area contributed by atoms with E-state index in [9.17, 15) is 4.79 Å². The number of piperidine rings is 1. The van der Waals surface area contributed by atoms with Crippen LogP contribution in [0.25, 0.3) is 0 Å². The predicted molar refractivity (Wildman–Crippen MR) is 70.7 cm³/mol. The fraction of sp³-hybridized carbons (Fsp3) is 0.923. The van der Waals surface area contributed by atoms with Crippen molar-refractivity contribution < 1.29 is 4.79 Å². The van der Waals surface area contributed by atoms with E-state index in [1.54, 1.807) is 0 Å². The molecule has 2 unspecified atom stereocenters. The minimum absolute atomic E-state index is 0.151. The molecule has 1 fully saturated rings. The van der Waals surface area contributed by atoms with Crippen LogP contribution in [0.3, 0.4) is 0 Å². The van der Waals surface area contributed by atoms with Gasteiger partial charge >= 0.3 is 0 Å². The number of nitrogens with one attached hydrogen (secondary N) is 1.